The summed E-state index contributed by atoms with van der Waals surface area (Å²) in [4.78, 5) is 13.0. The number of nitrogens with zero attached hydrogens (tertiary/aromatic N) is 1. The Morgan fingerprint density at radius 1 is 1.64 bits per heavy atom. The molecule has 82 valence electrons. The zero-order valence-corrected chi connectivity index (χ0v) is 8.99. The van der Waals surface area contributed by atoms with Gasteiger partial charge < -0.3 is 10.8 Å². The van der Waals surface area contributed by atoms with E-state index in [-0.39, 0.29) is 0 Å². The van der Waals surface area contributed by atoms with Crippen LogP contribution < -0.4 is 5.73 Å². The van der Waals surface area contributed by atoms with Crippen LogP contribution in [-0.2, 0) is 4.79 Å². The van der Waals surface area contributed by atoms with E-state index in [1.165, 1.54) is 0 Å². The molecular weight excluding hydrogens is 180 g/mol. The van der Waals surface area contributed by atoms with E-state index >= 15 is 0 Å². The van der Waals surface area contributed by atoms with Crippen LogP contribution in [0.15, 0.2) is 12.7 Å². The SMILES string of the molecule is C=CCC(CCCN)(C(=O)O)N(C)C. The first-order valence-electron chi connectivity index (χ1n) is 4.73. The third-order valence-corrected chi connectivity index (χ3v) is 2.53. The maximum Gasteiger partial charge on any atom is 0.324 e. The van der Waals surface area contributed by atoms with Crippen molar-refractivity contribution in [1.29, 1.82) is 0 Å². The number of nitrogens with two attached hydrogens (primary N) is 1. The summed E-state index contributed by atoms with van der Waals surface area (Å²) in [6, 6.07) is 0. The van der Waals surface area contributed by atoms with Crippen LogP contribution in [0.5, 0.6) is 0 Å². The first-order valence-corrected chi connectivity index (χ1v) is 4.73. The average Bonchev–Trinajstić information content (AvgIpc) is 2.11. The second kappa shape index (κ2) is 5.78. The Morgan fingerprint density at radius 2 is 2.21 bits per heavy atom. The van der Waals surface area contributed by atoms with Crippen molar-refractivity contribution in [2.75, 3.05) is 20.6 Å². The summed E-state index contributed by atoms with van der Waals surface area (Å²) in [5, 5.41) is 9.22. The van der Waals surface area contributed by atoms with Crippen molar-refractivity contribution in [3.63, 3.8) is 0 Å². The van der Waals surface area contributed by atoms with E-state index in [9.17, 15) is 9.90 Å². The van der Waals surface area contributed by atoms with Crippen LogP contribution in [0.2, 0.25) is 0 Å². The van der Waals surface area contributed by atoms with Crippen LogP contribution in [0, 0.1) is 0 Å². The highest BCUT2D eigenvalue weighted by molar-refractivity contribution is 5.79. The van der Waals surface area contributed by atoms with Crippen molar-refractivity contribution in [3.05, 3.63) is 12.7 Å². The minimum Gasteiger partial charge on any atom is -0.480 e. The second-order valence-electron chi connectivity index (χ2n) is 3.62. The van der Waals surface area contributed by atoms with E-state index in [1.54, 1.807) is 25.1 Å². The van der Waals surface area contributed by atoms with E-state index in [2.05, 4.69) is 6.58 Å². The zero-order valence-electron chi connectivity index (χ0n) is 8.99. The molecule has 14 heavy (non-hydrogen) atoms. The molecule has 0 rings (SSSR count). The topological polar surface area (TPSA) is 66.6 Å². The molecule has 3 N–H and O–H groups in total. The summed E-state index contributed by atoms with van der Waals surface area (Å²) >= 11 is 0. The van der Waals surface area contributed by atoms with Crippen molar-refractivity contribution in [1.82, 2.24) is 4.90 Å². The fourth-order valence-corrected chi connectivity index (χ4v) is 1.53. The number of carboxylic acid groups (broad SMARTS) is 1. The number of carbonyl (C=O) groups is 1. The quantitative estimate of drug-likeness (QED) is 0.593. The molecule has 0 heterocycles. The summed E-state index contributed by atoms with van der Waals surface area (Å²) in [5.74, 6) is -0.809. The van der Waals surface area contributed by atoms with Crippen molar-refractivity contribution in [2.24, 2.45) is 5.73 Å². The first-order chi connectivity index (χ1) is 6.51. The molecule has 0 saturated heterocycles. The Hall–Kier alpha value is -0.870. The predicted octanol–water partition coefficient (Wildman–Crippen LogP) is 0.686. The monoisotopic (exact) mass is 200 g/mol. The lowest BCUT2D eigenvalue weighted by Gasteiger charge is -2.35. The van der Waals surface area contributed by atoms with Gasteiger partial charge in [-0.2, -0.15) is 0 Å². The van der Waals surface area contributed by atoms with Crippen LogP contribution in [-0.4, -0.2) is 42.2 Å². The molecule has 0 spiro atoms. The van der Waals surface area contributed by atoms with Gasteiger partial charge in [0.1, 0.15) is 5.54 Å². The van der Waals surface area contributed by atoms with Crippen molar-refractivity contribution >= 4 is 5.97 Å². The fourth-order valence-electron chi connectivity index (χ4n) is 1.53. The van der Waals surface area contributed by atoms with Gasteiger partial charge in [0.15, 0.2) is 0 Å². The molecule has 0 aromatic heterocycles. The summed E-state index contributed by atoms with van der Waals surface area (Å²) in [5.41, 5.74) is 4.55. The third-order valence-electron chi connectivity index (χ3n) is 2.53. The molecule has 0 saturated carbocycles. The number of rotatable bonds is 7. The van der Waals surface area contributed by atoms with Gasteiger partial charge in [0.05, 0.1) is 0 Å². The minimum absolute atomic E-state index is 0.440. The molecule has 0 radical (unpaired) electrons. The number of carboxylic acids is 1. The van der Waals surface area contributed by atoms with Crippen LogP contribution in [0.1, 0.15) is 19.3 Å². The highest BCUT2D eigenvalue weighted by atomic mass is 16.4. The zero-order chi connectivity index (χ0) is 11.2. The predicted molar refractivity (Wildman–Crippen MR) is 57.2 cm³/mol. The lowest BCUT2D eigenvalue weighted by Crippen LogP contribution is -2.51. The van der Waals surface area contributed by atoms with Crippen LogP contribution in [0.4, 0.5) is 0 Å². The highest BCUT2D eigenvalue weighted by Gasteiger charge is 2.38. The Bertz CT molecular complexity index is 204. The lowest BCUT2D eigenvalue weighted by atomic mass is 9.88. The largest absolute Gasteiger partial charge is 0.480 e. The maximum absolute atomic E-state index is 11.2. The van der Waals surface area contributed by atoms with Gasteiger partial charge in [0.25, 0.3) is 0 Å². The van der Waals surface area contributed by atoms with E-state index in [1.807, 2.05) is 0 Å². The van der Waals surface area contributed by atoms with Crippen LogP contribution >= 0.6 is 0 Å². The molecule has 4 nitrogen and oxygen atoms in total. The van der Waals surface area contributed by atoms with E-state index in [0.29, 0.717) is 25.8 Å². The van der Waals surface area contributed by atoms with Crippen molar-refractivity contribution < 1.29 is 9.90 Å². The Labute approximate surface area is 85.4 Å². The standard InChI is InChI=1S/C10H20N2O2/c1-4-6-10(9(13)14,12(2)3)7-5-8-11/h4H,1,5-8,11H2,2-3H3,(H,13,14). The number of aliphatic carboxylic acids is 1. The van der Waals surface area contributed by atoms with Gasteiger partial charge >= 0.3 is 5.97 Å². The minimum atomic E-state index is -0.846. The molecule has 1 atom stereocenters. The molecule has 0 aromatic rings. The molecule has 0 aliphatic carbocycles. The van der Waals surface area contributed by atoms with Crippen molar-refractivity contribution in [3.8, 4) is 0 Å². The van der Waals surface area contributed by atoms with Gasteiger partial charge in [0, 0.05) is 0 Å². The van der Waals surface area contributed by atoms with Crippen molar-refractivity contribution in [2.45, 2.75) is 24.8 Å². The highest BCUT2D eigenvalue weighted by Crippen LogP contribution is 2.24. The first kappa shape index (κ1) is 13.1. The van der Waals surface area contributed by atoms with Gasteiger partial charge in [-0.1, -0.05) is 6.08 Å². The van der Waals surface area contributed by atoms with Gasteiger partial charge in [0.2, 0.25) is 0 Å². The van der Waals surface area contributed by atoms with Crippen LogP contribution in [0.3, 0.4) is 0 Å². The molecule has 0 aliphatic rings. The maximum atomic E-state index is 11.2. The Kier molecular flexibility index (Phi) is 5.42. The van der Waals surface area contributed by atoms with E-state index in [4.69, 9.17) is 5.73 Å². The summed E-state index contributed by atoms with van der Waals surface area (Å²) in [6.45, 7) is 4.11. The average molecular weight is 200 g/mol. The van der Waals surface area contributed by atoms with E-state index < -0.39 is 11.5 Å². The molecule has 0 aromatic carbocycles. The lowest BCUT2D eigenvalue weighted by molar-refractivity contribution is -0.150. The number of hydrogen-bond donors (Lipinski definition) is 2. The molecule has 0 bridgehead atoms. The number of hydrogen-bond acceptors (Lipinski definition) is 3. The molecule has 1 unspecified atom stereocenters. The molecule has 0 fully saturated rings. The Balaban J connectivity index is 4.74. The molecule has 0 amide bonds. The summed E-state index contributed by atoms with van der Waals surface area (Å²) < 4.78 is 0. The van der Waals surface area contributed by atoms with Gasteiger partial charge in [-0.3, -0.25) is 9.69 Å². The molecule has 0 aliphatic heterocycles. The number of likely N-dealkylation sites (N-methyl/N-ethyl adjacent to an activating group) is 1. The van der Waals surface area contributed by atoms with Gasteiger partial charge in [-0.05, 0) is 39.9 Å². The van der Waals surface area contributed by atoms with Crippen LogP contribution in [0.25, 0.3) is 0 Å². The second-order valence-corrected chi connectivity index (χ2v) is 3.62. The smallest absolute Gasteiger partial charge is 0.324 e. The summed E-state index contributed by atoms with van der Waals surface area (Å²) in [7, 11) is 3.54. The molecule has 4 heteroatoms. The third kappa shape index (κ3) is 2.82. The fraction of sp³-hybridized carbons (Fsp3) is 0.700. The normalized spacial score (nSPS) is 15.1. The summed E-state index contributed by atoms with van der Waals surface area (Å²) in [6.07, 6.45) is 3.34. The van der Waals surface area contributed by atoms with Gasteiger partial charge in [-0.25, -0.2) is 0 Å². The Morgan fingerprint density at radius 3 is 2.50 bits per heavy atom. The van der Waals surface area contributed by atoms with E-state index in [0.717, 1.165) is 0 Å². The molecular formula is C10H20N2O2. The van der Waals surface area contributed by atoms with Gasteiger partial charge in [-0.15, -0.1) is 6.58 Å².